The van der Waals surface area contributed by atoms with Crippen molar-refractivity contribution in [2.45, 2.75) is 19.5 Å². The molecule has 0 radical (unpaired) electrons. The number of piperazine rings is 1. The van der Waals surface area contributed by atoms with E-state index in [9.17, 15) is 9.59 Å². The molecular weight excluding hydrogens is 354 g/mol. The van der Waals surface area contributed by atoms with Crippen LogP contribution in [0.1, 0.15) is 12.5 Å². The fourth-order valence-electron chi connectivity index (χ4n) is 3.27. The van der Waals surface area contributed by atoms with E-state index in [0.29, 0.717) is 13.1 Å². The van der Waals surface area contributed by atoms with Crippen LogP contribution in [-0.2, 0) is 16.1 Å². The number of carbonyl (C=O) groups is 2. The van der Waals surface area contributed by atoms with Crippen molar-refractivity contribution in [2.75, 3.05) is 37.6 Å². The molecule has 1 aliphatic heterocycles. The van der Waals surface area contributed by atoms with Gasteiger partial charge < -0.3 is 15.5 Å². The van der Waals surface area contributed by atoms with Gasteiger partial charge in [0, 0.05) is 63.4 Å². The second-order valence-corrected chi connectivity index (χ2v) is 6.96. The van der Waals surface area contributed by atoms with E-state index in [1.165, 1.54) is 5.69 Å². The third-order valence-corrected chi connectivity index (χ3v) is 5.03. The topological polar surface area (TPSA) is 77.6 Å². The summed E-state index contributed by atoms with van der Waals surface area (Å²) in [7, 11) is 0. The first-order chi connectivity index (χ1) is 13.6. The molecule has 1 aromatic carbocycles. The quantitative estimate of drug-likeness (QED) is 0.731. The monoisotopic (exact) mass is 381 g/mol. The first-order valence-corrected chi connectivity index (χ1v) is 9.62. The molecule has 0 spiro atoms. The van der Waals surface area contributed by atoms with Gasteiger partial charge in [-0.3, -0.25) is 19.5 Å². The number of amides is 2. The van der Waals surface area contributed by atoms with Crippen molar-refractivity contribution < 1.29 is 9.59 Å². The lowest BCUT2D eigenvalue weighted by atomic mass is 10.2. The highest BCUT2D eigenvalue weighted by molar-refractivity contribution is 6.35. The summed E-state index contributed by atoms with van der Waals surface area (Å²) in [5.74, 6) is -1.21. The third kappa shape index (κ3) is 5.53. The summed E-state index contributed by atoms with van der Waals surface area (Å²) in [5.41, 5.74) is 2.15. The average molecular weight is 381 g/mol. The zero-order chi connectivity index (χ0) is 19.8. The van der Waals surface area contributed by atoms with Gasteiger partial charge in [0.1, 0.15) is 0 Å². The van der Waals surface area contributed by atoms with Crippen molar-refractivity contribution >= 4 is 17.5 Å². The molecule has 148 valence electrons. The molecule has 1 fully saturated rings. The molecule has 0 bridgehead atoms. The second kappa shape index (κ2) is 9.85. The number of rotatable bonds is 6. The molecule has 2 aromatic rings. The first kappa shape index (κ1) is 19.8. The number of hydrogen-bond acceptors (Lipinski definition) is 5. The van der Waals surface area contributed by atoms with E-state index >= 15 is 0 Å². The van der Waals surface area contributed by atoms with Crippen LogP contribution < -0.4 is 15.5 Å². The van der Waals surface area contributed by atoms with Gasteiger partial charge in [0.05, 0.1) is 0 Å². The van der Waals surface area contributed by atoms with Gasteiger partial charge in [-0.2, -0.15) is 0 Å². The number of nitrogens with one attached hydrogen (secondary N) is 2. The summed E-state index contributed by atoms with van der Waals surface area (Å²) in [6.45, 7) is 6.61. The Morgan fingerprint density at radius 1 is 0.964 bits per heavy atom. The van der Waals surface area contributed by atoms with E-state index in [1.807, 2.05) is 6.07 Å². The predicted molar refractivity (Wildman–Crippen MR) is 109 cm³/mol. The molecule has 2 N–H and O–H groups in total. The summed E-state index contributed by atoms with van der Waals surface area (Å²) in [6.07, 6.45) is 3.31. The highest BCUT2D eigenvalue weighted by Gasteiger charge is 2.22. The van der Waals surface area contributed by atoms with Crippen molar-refractivity contribution in [3.63, 3.8) is 0 Å². The summed E-state index contributed by atoms with van der Waals surface area (Å²) in [4.78, 5) is 32.6. The Morgan fingerprint density at radius 2 is 1.61 bits per heavy atom. The van der Waals surface area contributed by atoms with Crippen LogP contribution in [0.3, 0.4) is 0 Å². The lowest BCUT2D eigenvalue weighted by Gasteiger charge is -2.39. The zero-order valence-electron chi connectivity index (χ0n) is 16.2. The maximum absolute atomic E-state index is 12.0. The van der Waals surface area contributed by atoms with Crippen molar-refractivity contribution in [1.82, 2.24) is 20.5 Å². The van der Waals surface area contributed by atoms with Crippen molar-refractivity contribution in [3.8, 4) is 0 Å². The number of carbonyl (C=O) groups excluding carboxylic acids is 2. The van der Waals surface area contributed by atoms with Gasteiger partial charge in [0.25, 0.3) is 0 Å². The molecular formula is C21H27N5O2. The van der Waals surface area contributed by atoms with Gasteiger partial charge in [-0.05, 0) is 36.8 Å². The van der Waals surface area contributed by atoms with Crippen LogP contribution in [0.4, 0.5) is 5.69 Å². The highest BCUT2D eigenvalue weighted by atomic mass is 16.2. The summed E-state index contributed by atoms with van der Waals surface area (Å²) < 4.78 is 0. The molecule has 3 rings (SSSR count). The number of para-hydroxylation sites is 1. The van der Waals surface area contributed by atoms with Gasteiger partial charge in [0.2, 0.25) is 0 Å². The Bertz CT molecular complexity index is 761. The molecule has 1 saturated heterocycles. The third-order valence-electron chi connectivity index (χ3n) is 5.03. The standard InChI is InChI=1S/C21H27N5O2/c1-17(25-11-13-26(14-12-25)19-5-3-2-4-6-19)15-23-20(27)21(28)24-16-18-7-9-22-10-8-18/h2-10,17H,11-16H2,1H3,(H,23,27)(H,24,28)/t17-/m1/s1. The first-order valence-electron chi connectivity index (χ1n) is 9.62. The molecule has 7 nitrogen and oxygen atoms in total. The minimum atomic E-state index is -0.613. The Morgan fingerprint density at radius 3 is 2.29 bits per heavy atom. The number of pyridine rings is 1. The summed E-state index contributed by atoms with van der Waals surface area (Å²) in [6, 6.07) is 14.2. The molecule has 1 aliphatic rings. The number of benzene rings is 1. The SMILES string of the molecule is C[C@H](CNC(=O)C(=O)NCc1ccncc1)N1CCN(c2ccccc2)CC1. The average Bonchev–Trinajstić information content (AvgIpc) is 2.77. The Labute approximate surface area is 165 Å². The minimum Gasteiger partial charge on any atom is -0.369 e. The number of anilines is 1. The molecule has 0 unspecified atom stereocenters. The summed E-state index contributed by atoms with van der Waals surface area (Å²) in [5, 5.41) is 5.37. The van der Waals surface area contributed by atoms with Crippen LogP contribution in [0.5, 0.6) is 0 Å². The molecule has 2 amide bonds. The van der Waals surface area contributed by atoms with Crippen LogP contribution in [-0.4, -0.2) is 60.5 Å². The van der Waals surface area contributed by atoms with E-state index < -0.39 is 11.8 Å². The second-order valence-electron chi connectivity index (χ2n) is 6.96. The molecule has 1 aromatic heterocycles. The van der Waals surface area contributed by atoms with E-state index in [0.717, 1.165) is 31.7 Å². The van der Waals surface area contributed by atoms with Crippen molar-refractivity contribution in [2.24, 2.45) is 0 Å². The largest absolute Gasteiger partial charge is 0.369 e. The normalized spacial score (nSPS) is 15.7. The van der Waals surface area contributed by atoms with Gasteiger partial charge >= 0.3 is 11.8 Å². The molecule has 1 atom stereocenters. The number of nitrogens with zero attached hydrogens (tertiary/aromatic N) is 3. The molecule has 28 heavy (non-hydrogen) atoms. The van der Waals surface area contributed by atoms with Crippen LogP contribution in [0, 0.1) is 0 Å². The molecule has 7 heteroatoms. The van der Waals surface area contributed by atoms with Crippen LogP contribution in [0.15, 0.2) is 54.9 Å². The molecule has 2 heterocycles. The Hall–Kier alpha value is -2.93. The van der Waals surface area contributed by atoms with Crippen LogP contribution in [0.25, 0.3) is 0 Å². The maximum Gasteiger partial charge on any atom is 0.309 e. The van der Waals surface area contributed by atoms with Gasteiger partial charge in [0.15, 0.2) is 0 Å². The minimum absolute atomic E-state index is 0.176. The smallest absolute Gasteiger partial charge is 0.309 e. The van der Waals surface area contributed by atoms with Crippen molar-refractivity contribution in [3.05, 3.63) is 60.4 Å². The Kier molecular flexibility index (Phi) is 6.97. The number of hydrogen-bond donors (Lipinski definition) is 2. The van der Waals surface area contributed by atoms with E-state index in [1.54, 1.807) is 24.5 Å². The van der Waals surface area contributed by atoms with Crippen LogP contribution >= 0.6 is 0 Å². The Balaban J connectivity index is 1.37. The highest BCUT2D eigenvalue weighted by Crippen LogP contribution is 2.16. The molecule has 0 saturated carbocycles. The fourth-order valence-corrected chi connectivity index (χ4v) is 3.27. The lowest BCUT2D eigenvalue weighted by molar-refractivity contribution is -0.139. The van der Waals surface area contributed by atoms with Gasteiger partial charge in [-0.25, -0.2) is 0 Å². The van der Waals surface area contributed by atoms with Crippen LogP contribution in [0.2, 0.25) is 0 Å². The van der Waals surface area contributed by atoms with Crippen molar-refractivity contribution in [1.29, 1.82) is 0 Å². The maximum atomic E-state index is 12.0. The number of aromatic nitrogens is 1. The van der Waals surface area contributed by atoms with E-state index in [-0.39, 0.29) is 6.04 Å². The predicted octanol–water partition coefficient (Wildman–Crippen LogP) is 1.02. The summed E-state index contributed by atoms with van der Waals surface area (Å²) >= 11 is 0. The van der Waals surface area contributed by atoms with E-state index in [2.05, 4.69) is 56.6 Å². The fraction of sp³-hybridized carbons (Fsp3) is 0.381. The van der Waals surface area contributed by atoms with Gasteiger partial charge in [-0.1, -0.05) is 18.2 Å². The zero-order valence-corrected chi connectivity index (χ0v) is 16.2. The molecule has 0 aliphatic carbocycles. The van der Waals surface area contributed by atoms with E-state index in [4.69, 9.17) is 0 Å². The van der Waals surface area contributed by atoms with Gasteiger partial charge in [-0.15, -0.1) is 0 Å². The lowest BCUT2D eigenvalue weighted by Crippen LogP contribution is -2.53.